The van der Waals surface area contributed by atoms with Gasteiger partial charge < -0.3 is 5.73 Å². The largest absolute Gasteiger partial charge is 0.329 e. The zero-order chi connectivity index (χ0) is 13.9. The standard InChI is InChI=1S/C13H27N3O2S/c1-12-7-6-8-13(11-14)16(12)19(17,18)15-9-4-2-3-5-10-15/h12-13H,2-11,14H2,1H3. The predicted octanol–water partition coefficient (Wildman–Crippen LogP) is 1.31. The highest BCUT2D eigenvalue weighted by Crippen LogP contribution is 2.28. The van der Waals surface area contributed by atoms with Gasteiger partial charge in [0.25, 0.3) is 10.2 Å². The quantitative estimate of drug-likeness (QED) is 0.852. The third-order valence-electron chi connectivity index (χ3n) is 4.38. The highest BCUT2D eigenvalue weighted by molar-refractivity contribution is 7.86. The molecule has 0 amide bonds. The van der Waals surface area contributed by atoms with Gasteiger partial charge in [0.1, 0.15) is 0 Å². The molecular formula is C13H27N3O2S. The predicted molar refractivity (Wildman–Crippen MR) is 77.0 cm³/mol. The lowest BCUT2D eigenvalue weighted by Gasteiger charge is -2.41. The second-order valence-corrected chi connectivity index (χ2v) is 7.65. The molecule has 0 aliphatic carbocycles. The highest BCUT2D eigenvalue weighted by Gasteiger charge is 2.39. The maximum absolute atomic E-state index is 12.9. The van der Waals surface area contributed by atoms with Gasteiger partial charge in [0.2, 0.25) is 0 Å². The van der Waals surface area contributed by atoms with Crippen LogP contribution < -0.4 is 5.73 Å². The van der Waals surface area contributed by atoms with Crippen LogP contribution in [0.2, 0.25) is 0 Å². The van der Waals surface area contributed by atoms with Crippen LogP contribution in [0.25, 0.3) is 0 Å². The summed E-state index contributed by atoms with van der Waals surface area (Å²) < 4.78 is 29.1. The van der Waals surface area contributed by atoms with Crippen molar-refractivity contribution in [1.29, 1.82) is 0 Å². The molecule has 2 unspecified atom stereocenters. The number of hydrogen-bond acceptors (Lipinski definition) is 3. The van der Waals surface area contributed by atoms with Crippen LogP contribution in [0.5, 0.6) is 0 Å². The number of hydrogen-bond donors (Lipinski definition) is 1. The molecule has 2 atom stereocenters. The van der Waals surface area contributed by atoms with Crippen molar-refractivity contribution in [3.63, 3.8) is 0 Å². The molecule has 5 nitrogen and oxygen atoms in total. The fourth-order valence-electron chi connectivity index (χ4n) is 3.31. The Morgan fingerprint density at radius 3 is 2.26 bits per heavy atom. The van der Waals surface area contributed by atoms with Gasteiger partial charge in [0.15, 0.2) is 0 Å². The second-order valence-electron chi connectivity index (χ2n) is 5.82. The van der Waals surface area contributed by atoms with Gasteiger partial charge in [-0.2, -0.15) is 17.0 Å². The molecule has 112 valence electrons. The molecule has 0 radical (unpaired) electrons. The fourth-order valence-corrected chi connectivity index (χ4v) is 5.42. The van der Waals surface area contributed by atoms with E-state index in [1.54, 1.807) is 8.61 Å². The summed E-state index contributed by atoms with van der Waals surface area (Å²) in [7, 11) is -3.33. The summed E-state index contributed by atoms with van der Waals surface area (Å²) in [5.74, 6) is 0. The smallest absolute Gasteiger partial charge is 0.282 e. The molecule has 0 saturated carbocycles. The number of nitrogens with two attached hydrogens (primary N) is 1. The Kier molecular flexibility index (Phi) is 5.22. The van der Waals surface area contributed by atoms with E-state index < -0.39 is 10.2 Å². The molecule has 6 heteroatoms. The Bertz CT molecular complexity index is 377. The molecule has 19 heavy (non-hydrogen) atoms. The summed E-state index contributed by atoms with van der Waals surface area (Å²) in [5, 5.41) is 0. The first-order valence-corrected chi connectivity index (χ1v) is 8.95. The van der Waals surface area contributed by atoms with Crippen LogP contribution in [0, 0.1) is 0 Å². The third kappa shape index (κ3) is 3.29. The van der Waals surface area contributed by atoms with E-state index in [2.05, 4.69) is 0 Å². The van der Waals surface area contributed by atoms with Crippen molar-refractivity contribution in [2.24, 2.45) is 5.73 Å². The van der Waals surface area contributed by atoms with E-state index in [0.717, 1.165) is 44.9 Å². The van der Waals surface area contributed by atoms with Crippen LogP contribution in [-0.4, -0.2) is 48.7 Å². The number of piperidine rings is 1. The van der Waals surface area contributed by atoms with Crippen LogP contribution in [0.15, 0.2) is 0 Å². The van der Waals surface area contributed by atoms with Crippen molar-refractivity contribution < 1.29 is 8.42 Å². The van der Waals surface area contributed by atoms with Crippen molar-refractivity contribution >= 4 is 10.2 Å². The Morgan fingerprint density at radius 2 is 1.68 bits per heavy atom. The second kappa shape index (κ2) is 6.52. The van der Waals surface area contributed by atoms with Crippen molar-refractivity contribution in [2.75, 3.05) is 19.6 Å². The molecular weight excluding hydrogens is 262 g/mol. The van der Waals surface area contributed by atoms with Crippen molar-refractivity contribution in [1.82, 2.24) is 8.61 Å². The van der Waals surface area contributed by atoms with Gasteiger partial charge in [-0.15, -0.1) is 0 Å². The van der Waals surface area contributed by atoms with Crippen LogP contribution in [-0.2, 0) is 10.2 Å². The summed E-state index contributed by atoms with van der Waals surface area (Å²) >= 11 is 0. The van der Waals surface area contributed by atoms with E-state index in [0.29, 0.717) is 19.6 Å². The Hall–Kier alpha value is -0.170. The van der Waals surface area contributed by atoms with Crippen LogP contribution >= 0.6 is 0 Å². The Labute approximate surface area is 117 Å². The molecule has 2 N–H and O–H groups in total. The lowest BCUT2D eigenvalue weighted by molar-refractivity contribution is 0.181. The molecule has 0 aromatic rings. The number of nitrogens with zero attached hydrogens (tertiary/aromatic N) is 2. The zero-order valence-electron chi connectivity index (χ0n) is 11.9. The maximum atomic E-state index is 12.9. The normalized spacial score (nSPS) is 32.1. The van der Waals surface area contributed by atoms with Crippen LogP contribution in [0.1, 0.15) is 51.9 Å². The first-order chi connectivity index (χ1) is 9.07. The average molecular weight is 289 g/mol. The fraction of sp³-hybridized carbons (Fsp3) is 1.00. The topological polar surface area (TPSA) is 66.6 Å². The van der Waals surface area contributed by atoms with Crippen LogP contribution in [0.4, 0.5) is 0 Å². The van der Waals surface area contributed by atoms with E-state index in [9.17, 15) is 8.42 Å². The summed E-state index contributed by atoms with van der Waals surface area (Å²) in [4.78, 5) is 0. The van der Waals surface area contributed by atoms with E-state index in [-0.39, 0.29) is 12.1 Å². The van der Waals surface area contributed by atoms with E-state index in [4.69, 9.17) is 5.73 Å². The minimum atomic E-state index is -3.33. The van der Waals surface area contributed by atoms with Gasteiger partial charge in [0.05, 0.1) is 0 Å². The van der Waals surface area contributed by atoms with Crippen molar-refractivity contribution in [3.8, 4) is 0 Å². The van der Waals surface area contributed by atoms with Gasteiger partial charge in [0, 0.05) is 31.7 Å². The van der Waals surface area contributed by atoms with Gasteiger partial charge in [-0.1, -0.05) is 19.3 Å². The molecule has 2 saturated heterocycles. The van der Waals surface area contributed by atoms with E-state index >= 15 is 0 Å². The zero-order valence-corrected chi connectivity index (χ0v) is 12.7. The monoisotopic (exact) mass is 289 g/mol. The molecule has 2 aliphatic heterocycles. The SMILES string of the molecule is CC1CCCC(CN)N1S(=O)(=O)N1CCCCCC1. The van der Waals surface area contributed by atoms with Crippen molar-refractivity contribution in [3.05, 3.63) is 0 Å². The maximum Gasteiger partial charge on any atom is 0.282 e. The van der Waals surface area contributed by atoms with Crippen LogP contribution in [0.3, 0.4) is 0 Å². The van der Waals surface area contributed by atoms with Crippen molar-refractivity contribution in [2.45, 2.75) is 64.0 Å². The van der Waals surface area contributed by atoms with Gasteiger partial charge in [-0.3, -0.25) is 0 Å². The molecule has 2 heterocycles. The van der Waals surface area contributed by atoms with Gasteiger partial charge in [-0.05, 0) is 32.6 Å². The third-order valence-corrected chi connectivity index (χ3v) is 6.59. The molecule has 2 fully saturated rings. The summed E-state index contributed by atoms with van der Waals surface area (Å²) in [5.41, 5.74) is 5.79. The molecule has 0 bridgehead atoms. The molecule has 2 aliphatic rings. The summed E-state index contributed by atoms with van der Waals surface area (Å²) in [6.07, 6.45) is 7.17. The Balaban J connectivity index is 2.19. The molecule has 0 aromatic carbocycles. The average Bonchev–Trinajstić information content (AvgIpc) is 2.67. The first kappa shape index (κ1) is 15.2. The Morgan fingerprint density at radius 1 is 1.05 bits per heavy atom. The summed E-state index contributed by atoms with van der Waals surface area (Å²) in [6.45, 7) is 3.78. The first-order valence-electron chi connectivity index (χ1n) is 7.56. The molecule has 2 rings (SSSR count). The van der Waals surface area contributed by atoms with Gasteiger partial charge in [-0.25, -0.2) is 0 Å². The minimum absolute atomic E-state index is 0.0167. The number of rotatable bonds is 3. The lowest BCUT2D eigenvalue weighted by Crippen LogP contribution is -2.56. The van der Waals surface area contributed by atoms with E-state index in [1.165, 1.54) is 0 Å². The van der Waals surface area contributed by atoms with E-state index in [1.807, 2.05) is 6.92 Å². The molecule has 0 aromatic heterocycles. The summed E-state index contributed by atoms with van der Waals surface area (Å²) in [6, 6.07) is 0.0626. The van der Waals surface area contributed by atoms with Gasteiger partial charge >= 0.3 is 0 Å². The molecule has 0 spiro atoms. The lowest BCUT2D eigenvalue weighted by atomic mass is 10.00. The highest BCUT2D eigenvalue weighted by atomic mass is 32.2. The minimum Gasteiger partial charge on any atom is -0.329 e.